The minimum Gasteiger partial charge on any atom is -0.465 e. The molecule has 6 heteroatoms. The van der Waals surface area contributed by atoms with Gasteiger partial charge in [-0.3, -0.25) is 0 Å². The minimum atomic E-state index is -3.52. The molecule has 1 aromatic carbocycles. The molecule has 0 heterocycles. The highest BCUT2D eigenvalue weighted by atomic mass is 32.2. The van der Waals surface area contributed by atoms with E-state index in [1.54, 1.807) is 0 Å². The van der Waals surface area contributed by atoms with Gasteiger partial charge in [0, 0.05) is 6.26 Å². The van der Waals surface area contributed by atoms with Crippen LogP contribution in [0.25, 0.3) is 0 Å². The molecule has 0 bridgehead atoms. The van der Waals surface area contributed by atoms with Gasteiger partial charge in [-0.1, -0.05) is 26.3 Å². The second-order valence-electron chi connectivity index (χ2n) is 5.13. The summed E-state index contributed by atoms with van der Waals surface area (Å²) in [4.78, 5) is 11.8. The van der Waals surface area contributed by atoms with Crippen LogP contribution in [0.1, 0.15) is 54.1 Å². The number of ether oxygens (including phenoxy) is 1. The van der Waals surface area contributed by atoms with Crippen molar-refractivity contribution in [1.29, 1.82) is 0 Å². The summed E-state index contributed by atoms with van der Waals surface area (Å²) in [6, 6.07) is 2.71. The van der Waals surface area contributed by atoms with E-state index in [4.69, 9.17) is 0 Å². The summed E-state index contributed by atoms with van der Waals surface area (Å²) in [7, 11) is -2.34. The highest BCUT2D eigenvalue weighted by Crippen LogP contribution is 2.31. The summed E-state index contributed by atoms with van der Waals surface area (Å²) >= 11 is 0. The molecule has 0 saturated heterocycles. The second kappa shape index (κ2) is 7.02. The number of hydrogen-bond donors (Lipinski definition) is 0. The first kappa shape index (κ1) is 17.6. The Bertz CT molecular complexity index is 623. The quantitative estimate of drug-likeness (QED) is 0.756. The lowest BCUT2D eigenvalue weighted by Gasteiger charge is -2.18. The van der Waals surface area contributed by atoms with E-state index in [9.17, 15) is 17.6 Å². The molecule has 21 heavy (non-hydrogen) atoms. The molecule has 0 aliphatic heterocycles. The molecular formula is C15H21FO4S. The van der Waals surface area contributed by atoms with E-state index in [0.717, 1.165) is 19.1 Å². The zero-order valence-corrected chi connectivity index (χ0v) is 13.6. The molecule has 4 nitrogen and oxygen atoms in total. The maximum absolute atomic E-state index is 13.2. The lowest BCUT2D eigenvalue weighted by Crippen LogP contribution is -2.12. The van der Waals surface area contributed by atoms with E-state index < -0.39 is 22.5 Å². The predicted octanol–water partition coefficient (Wildman–Crippen LogP) is 3.25. The van der Waals surface area contributed by atoms with Crippen LogP contribution in [0.2, 0.25) is 0 Å². The van der Waals surface area contributed by atoms with Crippen molar-refractivity contribution in [2.75, 3.05) is 13.4 Å². The number of hydrogen-bond acceptors (Lipinski definition) is 4. The molecule has 1 atom stereocenters. The summed E-state index contributed by atoms with van der Waals surface area (Å²) in [6.45, 7) is 3.04. The Morgan fingerprint density at radius 1 is 1.38 bits per heavy atom. The van der Waals surface area contributed by atoms with E-state index in [1.165, 1.54) is 19.2 Å². The van der Waals surface area contributed by atoms with Gasteiger partial charge >= 0.3 is 5.97 Å². The molecule has 118 valence electrons. The van der Waals surface area contributed by atoms with Crippen molar-refractivity contribution in [3.8, 4) is 0 Å². The van der Waals surface area contributed by atoms with Crippen molar-refractivity contribution in [2.45, 2.75) is 44.2 Å². The Balaban J connectivity index is 3.60. The van der Waals surface area contributed by atoms with Crippen molar-refractivity contribution < 1.29 is 22.3 Å². The molecule has 0 radical (unpaired) electrons. The van der Waals surface area contributed by atoms with Crippen LogP contribution in [0.15, 0.2) is 17.0 Å². The average Bonchev–Trinajstić information content (AvgIpc) is 2.44. The lowest BCUT2D eigenvalue weighted by molar-refractivity contribution is 0.0598. The Labute approximate surface area is 125 Å². The van der Waals surface area contributed by atoms with E-state index >= 15 is 0 Å². The molecule has 0 N–H and O–H groups in total. The van der Waals surface area contributed by atoms with Crippen LogP contribution < -0.4 is 0 Å². The van der Waals surface area contributed by atoms with Gasteiger partial charge in [0.2, 0.25) is 0 Å². The number of carbonyl (C=O) groups is 1. The third-order valence-corrected chi connectivity index (χ3v) is 4.59. The van der Waals surface area contributed by atoms with Gasteiger partial charge in [0.05, 0.1) is 17.6 Å². The first-order valence-corrected chi connectivity index (χ1v) is 8.66. The van der Waals surface area contributed by atoms with Gasteiger partial charge in [0.15, 0.2) is 9.84 Å². The van der Waals surface area contributed by atoms with Gasteiger partial charge < -0.3 is 4.74 Å². The van der Waals surface area contributed by atoms with Gasteiger partial charge in [-0.2, -0.15) is 0 Å². The van der Waals surface area contributed by atoms with Crippen molar-refractivity contribution in [1.82, 2.24) is 0 Å². The largest absolute Gasteiger partial charge is 0.465 e. The van der Waals surface area contributed by atoms with Gasteiger partial charge in [0.25, 0.3) is 0 Å². The zero-order chi connectivity index (χ0) is 16.2. The van der Waals surface area contributed by atoms with Crippen LogP contribution >= 0.6 is 0 Å². The van der Waals surface area contributed by atoms with Crippen LogP contribution in [0.5, 0.6) is 0 Å². The summed E-state index contributed by atoms with van der Waals surface area (Å²) < 4.78 is 41.7. The fourth-order valence-electron chi connectivity index (χ4n) is 2.35. The molecule has 0 fully saturated rings. The second-order valence-corrected chi connectivity index (χ2v) is 7.12. The number of sulfone groups is 1. The van der Waals surface area contributed by atoms with Gasteiger partial charge in [0.1, 0.15) is 6.67 Å². The molecular weight excluding hydrogens is 295 g/mol. The summed E-state index contributed by atoms with van der Waals surface area (Å²) in [6.07, 6.45) is 2.75. The van der Waals surface area contributed by atoms with Crippen molar-refractivity contribution in [3.05, 3.63) is 28.8 Å². The standard InChI is InChI=1S/C15H21FO4S/c1-5-6-10(2)12-7-11(9-16)13(15(17)20-3)8-14(12)21(4,18)19/h7-8,10H,5-6,9H2,1-4H3. The highest BCUT2D eigenvalue weighted by Gasteiger charge is 2.23. The van der Waals surface area contributed by atoms with Crippen LogP contribution in [-0.2, 0) is 21.2 Å². The minimum absolute atomic E-state index is 0.0308. The van der Waals surface area contributed by atoms with Crippen LogP contribution in [0.4, 0.5) is 4.39 Å². The summed E-state index contributed by atoms with van der Waals surface area (Å²) in [5.74, 6) is -0.765. The summed E-state index contributed by atoms with van der Waals surface area (Å²) in [5, 5.41) is 0. The lowest BCUT2D eigenvalue weighted by atomic mass is 9.93. The maximum Gasteiger partial charge on any atom is 0.338 e. The molecule has 0 amide bonds. The van der Waals surface area contributed by atoms with Crippen molar-refractivity contribution in [3.63, 3.8) is 0 Å². The van der Waals surface area contributed by atoms with E-state index in [2.05, 4.69) is 4.74 Å². The van der Waals surface area contributed by atoms with Crippen LogP contribution in [-0.4, -0.2) is 27.8 Å². The molecule has 0 saturated carbocycles. The molecule has 1 aromatic rings. The van der Waals surface area contributed by atoms with Gasteiger partial charge in [-0.15, -0.1) is 0 Å². The zero-order valence-electron chi connectivity index (χ0n) is 12.8. The number of alkyl halides is 1. The third-order valence-electron chi connectivity index (χ3n) is 3.44. The molecule has 0 aliphatic carbocycles. The predicted molar refractivity (Wildman–Crippen MR) is 79.0 cm³/mol. The number of benzene rings is 1. The number of halogens is 1. The van der Waals surface area contributed by atoms with Crippen LogP contribution in [0.3, 0.4) is 0 Å². The molecule has 0 aromatic heterocycles. The first-order valence-electron chi connectivity index (χ1n) is 6.77. The van der Waals surface area contributed by atoms with E-state index in [0.29, 0.717) is 5.56 Å². The Hall–Kier alpha value is -1.43. The average molecular weight is 316 g/mol. The SMILES string of the molecule is CCCC(C)c1cc(CF)c(C(=O)OC)cc1S(C)(=O)=O. The third kappa shape index (κ3) is 4.03. The van der Waals surface area contributed by atoms with Gasteiger partial charge in [-0.25, -0.2) is 17.6 Å². The van der Waals surface area contributed by atoms with Crippen molar-refractivity contribution >= 4 is 15.8 Å². The molecule has 0 spiro atoms. The van der Waals surface area contributed by atoms with E-state index in [1.807, 2.05) is 13.8 Å². The molecule has 1 unspecified atom stereocenters. The fraction of sp³-hybridized carbons (Fsp3) is 0.533. The first-order chi connectivity index (χ1) is 9.76. The number of rotatable bonds is 6. The topological polar surface area (TPSA) is 60.4 Å². The number of methoxy groups -OCH3 is 1. The fourth-order valence-corrected chi connectivity index (χ4v) is 3.37. The molecule has 0 aliphatic rings. The number of esters is 1. The Morgan fingerprint density at radius 2 is 2.00 bits per heavy atom. The maximum atomic E-state index is 13.2. The molecule has 1 rings (SSSR count). The monoisotopic (exact) mass is 316 g/mol. The normalized spacial score (nSPS) is 13.0. The Kier molecular flexibility index (Phi) is 5.89. The highest BCUT2D eigenvalue weighted by molar-refractivity contribution is 7.90. The Morgan fingerprint density at radius 3 is 2.43 bits per heavy atom. The number of carbonyl (C=O) groups excluding carboxylic acids is 1. The van der Waals surface area contributed by atoms with Crippen LogP contribution in [0, 0.1) is 0 Å². The smallest absolute Gasteiger partial charge is 0.338 e. The van der Waals surface area contributed by atoms with Gasteiger partial charge in [-0.05, 0) is 29.5 Å². The van der Waals surface area contributed by atoms with Crippen molar-refractivity contribution in [2.24, 2.45) is 0 Å². The summed E-state index contributed by atoms with van der Waals surface area (Å²) in [5.41, 5.74) is 0.680. The van der Waals surface area contributed by atoms with E-state index in [-0.39, 0.29) is 21.9 Å².